The zero-order valence-electron chi connectivity index (χ0n) is 17.0. The van der Waals surface area contributed by atoms with Crippen LogP contribution in [-0.2, 0) is 6.42 Å². The van der Waals surface area contributed by atoms with E-state index in [1.807, 2.05) is 24.3 Å². The largest absolute Gasteiger partial charge is 0.468 e. The minimum atomic E-state index is 0.193. The summed E-state index contributed by atoms with van der Waals surface area (Å²) in [6, 6.07) is 12.3. The summed E-state index contributed by atoms with van der Waals surface area (Å²) in [7, 11) is 0. The van der Waals surface area contributed by atoms with Crippen LogP contribution in [0.15, 0.2) is 52.1 Å². The molecule has 1 aromatic carbocycles. The number of guanidine groups is 1. The molecule has 7 heteroatoms. The summed E-state index contributed by atoms with van der Waals surface area (Å²) in [4.78, 5) is 15.3. The van der Waals surface area contributed by atoms with Crippen molar-refractivity contribution < 1.29 is 4.42 Å². The third kappa shape index (κ3) is 4.98. The lowest BCUT2D eigenvalue weighted by Gasteiger charge is -2.24. The number of fused-ring (bicyclic) bond motifs is 1. The first-order valence-electron chi connectivity index (χ1n) is 10.6. The highest BCUT2D eigenvalue weighted by Crippen LogP contribution is 2.25. The minimum absolute atomic E-state index is 0.193. The monoisotopic (exact) mass is 394 g/mol. The van der Waals surface area contributed by atoms with Crippen LogP contribution in [0.4, 0.5) is 0 Å². The molecule has 1 atom stereocenters. The summed E-state index contributed by atoms with van der Waals surface area (Å²) >= 11 is 0. The van der Waals surface area contributed by atoms with E-state index in [-0.39, 0.29) is 6.04 Å². The van der Waals surface area contributed by atoms with Gasteiger partial charge in [0.05, 0.1) is 29.9 Å². The summed E-state index contributed by atoms with van der Waals surface area (Å²) < 4.78 is 5.70. The van der Waals surface area contributed by atoms with Gasteiger partial charge in [-0.1, -0.05) is 12.1 Å². The number of nitrogens with zero attached hydrogens (tertiary/aromatic N) is 3. The van der Waals surface area contributed by atoms with Crippen LogP contribution in [-0.4, -0.2) is 53.6 Å². The van der Waals surface area contributed by atoms with E-state index in [0.29, 0.717) is 6.54 Å². The SMILES string of the molecule is CCNC(=NCC(c1ccco1)N1CCCC1)NCCc1nc2ccccc2[nH]1. The Labute approximate surface area is 171 Å². The number of hydrogen-bond donors (Lipinski definition) is 3. The second kappa shape index (κ2) is 9.60. The lowest BCUT2D eigenvalue weighted by molar-refractivity contribution is 0.221. The standard InChI is InChI=1S/C22H30N6O/c1-2-23-22(24-12-11-21-26-17-8-3-4-9-18(17)27-21)25-16-19(20-10-7-15-29-20)28-13-5-6-14-28/h3-4,7-10,15,19H,2,5-6,11-14,16H2,1H3,(H,26,27)(H2,23,24,25). The Balaban J connectivity index is 1.37. The average Bonchev–Trinajstić information content (AvgIpc) is 3.49. The van der Waals surface area contributed by atoms with Gasteiger partial charge in [-0.05, 0) is 57.1 Å². The van der Waals surface area contributed by atoms with Gasteiger partial charge in [-0.15, -0.1) is 0 Å². The third-order valence-corrected chi connectivity index (χ3v) is 5.31. The summed E-state index contributed by atoms with van der Waals surface area (Å²) in [5.74, 6) is 2.81. The molecule has 0 amide bonds. The second-order valence-electron chi connectivity index (χ2n) is 7.37. The molecule has 3 aromatic rings. The fraction of sp³-hybridized carbons (Fsp3) is 0.455. The van der Waals surface area contributed by atoms with Gasteiger partial charge in [0.2, 0.25) is 0 Å². The summed E-state index contributed by atoms with van der Waals surface area (Å²) in [5, 5.41) is 6.78. The Hall–Kier alpha value is -2.80. The third-order valence-electron chi connectivity index (χ3n) is 5.31. The Morgan fingerprint density at radius 1 is 1.21 bits per heavy atom. The van der Waals surface area contributed by atoms with Crippen molar-refractivity contribution >= 4 is 17.0 Å². The summed E-state index contributed by atoms with van der Waals surface area (Å²) in [6.45, 7) is 6.56. The lowest BCUT2D eigenvalue weighted by Crippen LogP contribution is -2.39. The second-order valence-corrected chi connectivity index (χ2v) is 7.37. The predicted molar refractivity (Wildman–Crippen MR) is 116 cm³/mol. The predicted octanol–water partition coefficient (Wildman–Crippen LogP) is 3.09. The van der Waals surface area contributed by atoms with Crippen molar-refractivity contribution in [3.8, 4) is 0 Å². The van der Waals surface area contributed by atoms with Gasteiger partial charge in [0.15, 0.2) is 5.96 Å². The first kappa shape index (κ1) is 19.5. The number of benzene rings is 1. The quantitative estimate of drug-likeness (QED) is 0.404. The van der Waals surface area contributed by atoms with Gasteiger partial charge in [-0.2, -0.15) is 0 Å². The molecule has 154 valence electrons. The molecule has 1 unspecified atom stereocenters. The van der Waals surface area contributed by atoms with E-state index in [4.69, 9.17) is 9.41 Å². The van der Waals surface area contributed by atoms with E-state index in [9.17, 15) is 0 Å². The van der Waals surface area contributed by atoms with Gasteiger partial charge in [-0.25, -0.2) is 4.98 Å². The van der Waals surface area contributed by atoms with Crippen LogP contribution in [0.3, 0.4) is 0 Å². The lowest BCUT2D eigenvalue weighted by atomic mass is 10.2. The highest BCUT2D eigenvalue weighted by Gasteiger charge is 2.25. The first-order valence-corrected chi connectivity index (χ1v) is 10.6. The van der Waals surface area contributed by atoms with Crippen LogP contribution >= 0.6 is 0 Å². The number of aromatic amines is 1. The Kier molecular flexibility index (Phi) is 6.46. The van der Waals surface area contributed by atoms with E-state index >= 15 is 0 Å². The van der Waals surface area contributed by atoms with Crippen molar-refractivity contribution in [1.29, 1.82) is 0 Å². The molecule has 0 bridgehead atoms. The minimum Gasteiger partial charge on any atom is -0.468 e. The van der Waals surface area contributed by atoms with Crippen molar-refractivity contribution in [3.63, 3.8) is 0 Å². The van der Waals surface area contributed by atoms with Crippen molar-refractivity contribution in [2.75, 3.05) is 32.7 Å². The molecule has 1 saturated heterocycles. The molecule has 2 aromatic heterocycles. The Morgan fingerprint density at radius 2 is 2.07 bits per heavy atom. The number of rotatable bonds is 8. The maximum absolute atomic E-state index is 5.70. The molecule has 1 aliphatic heterocycles. The number of aliphatic imine (C=N–C) groups is 1. The molecule has 0 radical (unpaired) electrons. The molecular formula is C22H30N6O. The normalized spacial score (nSPS) is 16.4. The fourth-order valence-corrected chi connectivity index (χ4v) is 3.86. The van der Waals surface area contributed by atoms with Crippen LogP contribution in [0.1, 0.15) is 37.4 Å². The number of H-pyrrole nitrogens is 1. The zero-order valence-corrected chi connectivity index (χ0v) is 17.0. The number of likely N-dealkylation sites (tertiary alicyclic amines) is 1. The smallest absolute Gasteiger partial charge is 0.191 e. The molecule has 4 rings (SSSR count). The Bertz CT molecular complexity index is 877. The van der Waals surface area contributed by atoms with Crippen LogP contribution in [0.25, 0.3) is 11.0 Å². The van der Waals surface area contributed by atoms with Crippen LogP contribution in [0.5, 0.6) is 0 Å². The molecule has 0 saturated carbocycles. The molecule has 3 heterocycles. The number of nitrogens with one attached hydrogen (secondary N) is 3. The van der Waals surface area contributed by atoms with E-state index in [2.05, 4.69) is 44.6 Å². The van der Waals surface area contributed by atoms with E-state index in [1.165, 1.54) is 12.8 Å². The number of imidazole rings is 1. The van der Waals surface area contributed by atoms with Crippen molar-refractivity contribution in [3.05, 3.63) is 54.2 Å². The maximum atomic E-state index is 5.70. The molecule has 7 nitrogen and oxygen atoms in total. The Morgan fingerprint density at radius 3 is 2.83 bits per heavy atom. The number of furan rings is 1. The number of para-hydroxylation sites is 2. The highest BCUT2D eigenvalue weighted by atomic mass is 16.3. The van der Waals surface area contributed by atoms with Gasteiger partial charge in [-0.3, -0.25) is 9.89 Å². The molecule has 3 N–H and O–H groups in total. The molecule has 0 spiro atoms. The summed E-state index contributed by atoms with van der Waals surface area (Å²) in [6.07, 6.45) is 5.05. The molecule has 1 fully saturated rings. The van der Waals surface area contributed by atoms with Crippen LogP contribution in [0, 0.1) is 0 Å². The van der Waals surface area contributed by atoms with E-state index in [0.717, 1.165) is 61.2 Å². The van der Waals surface area contributed by atoms with Crippen LogP contribution < -0.4 is 10.6 Å². The molecule has 29 heavy (non-hydrogen) atoms. The van der Waals surface area contributed by atoms with Gasteiger partial charge >= 0.3 is 0 Å². The van der Waals surface area contributed by atoms with E-state index in [1.54, 1.807) is 6.26 Å². The van der Waals surface area contributed by atoms with Gasteiger partial charge < -0.3 is 20.0 Å². The fourth-order valence-electron chi connectivity index (χ4n) is 3.86. The van der Waals surface area contributed by atoms with Gasteiger partial charge in [0.25, 0.3) is 0 Å². The van der Waals surface area contributed by atoms with E-state index < -0.39 is 0 Å². The molecular weight excluding hydrogens is 364 g/mol. The average molecular weight is 395 g/mol. The maximum Gasteiger partial charge on any atom is 0.191 e. The van der Waals surface area contributed by atoms with Crippen molar-refractivity contribution in [1.82, 2.24) is 25.5 Å². The first-order chi connectivity index (χ1) is 14.3. The van der Waals surface area contributed by atoms with Gasteiger partial charge in [0.1, 0.15) is 11.6 Å². The van der Waals surface area contributed by atoms with Crippen molar-refractivity contribution in [2.24, 2.45) is 4.99 Å². The molecule has 0 aliphatic carbocycles. The van der Waals surface area contributed by atoms with Crippen LogP contribution in [0.2, 0.25) is 0 Å². The highest BCUT2D eigenvalue weighted by molar-refractivity contribution is 5.79. The number of hydrogen-bond acceptors (Lipinski definition) is 4. The van der Waals surface area contributed by atoms with Crippen molar-refractivity contribution in [2.45, 2.75) is 32.2 Å². The topological polar surface area (TPSA) is 81.5 Å². The zero-order chi connectivity index (χ0) is 19.9. The van der Waals surface area contributed by atoms with Gasteiger partial charge in [0, 0.05) is 19.5 Å². The number of aromatic nitrogens is 2. The molecule has 1 aliphatic rings. The summed E-state index contributed by atoms with van der Waals surface area (Å²) in [5.41, 5.74) is 2.09.